The third kappa shape index (κ3) is 2.34. The summed E-state index contributed by atoms with van der Waals surface area (Å²) in [5.41, 5.74) is 5.20. The summed E-state index contributed by atoms with van der Waals surface area (Å²) >= 11 is 0. The molecule has 0 bridgehead atoms. The van der Waals surface area contributed by atoms with Gasteiger partial charge in [0.2, 0.25) is 0 Å². The summed E-state index contributed by atoms with van der Waals surface area (Å²) in [6.45, 7) is 3.51. The summed E-state index contributed by atoms with van der Waals surface area (Å²) in [5.74, 6) is 0.125. The van der Waals surface area contributed by atoms with Crippen molar-refractivity contribution in [1.82, 2.24) is 0 Å². The topological polar surface area (TPSA) is 43.1 Å². The minimum Gasteiger partial charge on any atom is -0.322 e. The predicted molar refractivity (Wildman–Crippen MR) is 28.9 cm³/mol. The molecule has 0 spiro atoms. The van der Waals surface area contributed by atoms with E-state index in [0.717, 1.165) is 0 Å². The lowest BCUT2D eigenvalue weighted by molar-refractivity contribution is -0.119. The predicted octanol–water partition coefficient (Wildman–Crippen LogP) is 0.313. The van der Waals surface area contributed by atoms with Crippen LogP contribution in [0.2, 0.25) is 0 Å². The van der Waals surface area contributed by atoms with Gasteiger partial charge in [-0.05, 0) is 6.92 Å². The van der Waals surface area contributed by atoms with Crippen LogP contribution in [0.3, 0.4) is 0 Å². The molecular weight excluding hydrogens is 90.1 g/mol. The fraction of sp³-hybridized carbons (Fsp3) is 0.800. The van der Waals surface area contributed by atoms with E-state index in [0.29, 0.717) is 6.42 Å². The van der Waals surface area contributed by atoms with E-state index in [9.17, 15) is 4.79 Å². The molecule has 1 atom stereocenters. The van der Waals surface area contributed by atoms with Gasteiger partial charge in [-0.3, -0.25) is 4.79 Å². The summed E-state index contributed by atoms with van der Waals surface area (Å²) < 4.78 is 0. The van der Waals surface area contributed by atoms with Gasteiger partial charge >= 0.3 is 0 Å². The first-order chi connectivity index (χ1) is 3.18. The number of ketones is 1. The zero-order valence-electron chi connectivity index (χ0n) is 4.77. The Bertz CT molecular complexity index is 68.5. The van der Waals surface area contributed by atoms with Crippen LogP contribution in [0.1, 0.15) is 20.3 Å². The van der Waals surface area contributed by atoms with E-state index >= 15 is 0 Å². The molecule has 0 amide bonds. The van der Waals surface area contributed by atoms with Crippen molar-refractivity contribution in [3.63, 3.8) is 0 Å². The van der Waals surface area contributed by atoms with Crippen LogP contribution in [-0.4, -0.2) is 11.8 Å². The highest BCUT2D eigenvalue weighted by atomic mass is 16.1. The van der Waals surface area contributed by atoms with Crippen molar-refractivity contribution in [2.45, 2.75) is 26.3 Å². The van der Waals surface area contributed by atoms with Gasteiger partial charge in [0.15, 0.2) is 0 Å². The first kappa shape index (κ1) is 6.63. The molecular formula is C5H11NO. The lowest BCUT2D eigenvalue weighted by Gasteiger charge is -1.96. The van der Waals surface area contributed by atoms with Crippen molar-refractivity contribution < 1.29 is 4.79 Å². The monoisotopic (exact) mass is 101 g/mol. The highest BCUT2D eigenvalue weighted by Gasteiger charge is 2.01. The fourth-order valence-corrected chi connectivity index (χ4v) is 0.322. The molecule has 0 aliphatic heterocycles. The van der Waals surface area contributed by atoms with Crippen molar-refractivity contribution in [2.75, 3.05) is 0 Å². The second kappa shape index (κ2) is 2.75. The summed E-state index contributed by atoms with van der Waals surface area (Å²) in [5, 5.41) is 0. The van der Waals surface area contributed by atoms with Gasteiger partial charge in [-0.1, -0.05) is 6.92 Å². The molecule has 0 saturated heterocycles. The van der Waals surface area contributed by atoms with Crippen LogP contribution in [0.4, 0.5) is 0 Å². The van der Waals surface area contributed by atoms with Crippen LogP contribution in [0, 0.1) is 0 Å². The molecule has 0 aromatic carbocycles. The van der Waals surface area contributed by atoms with E-state index in [1.807, 2.05) is 6.92 Å². The summed E-state index contributed by atoms with van der Waals surface area (Å²) in [7, 11) is 0. The molecule has 7 heavy (non-hydrogen) atoms. The molecule has 0 fully saturated rings. The molecule has 0 saturated carbocycles. The smallest absolute Gasteiger partial charge is 0.148 e. The Labute approximate surface area is 43.7 Å². The summed E-state index contributed by atoms with van der Waals surface area (Å²) in [4.78, 5) is 10.4. The molecule has 0 aliphatic carbocycles. The number of hydrogen-bond donors (Lipinski definition) is 1. The average molecular weight is 101 g/mol. The van der Waals surface area contributed by atoms with Gasteiger partial charge in [0, 0.05) is 6.42 Å². The third-order valence-corrected chi connectivity index (χ3v) is 0.856. The number of rotatable bonds is 2. The zero-order chi connectivity index (χ0) is 5.86. The molecule has 0 aliphatic rings. The lowest BCUT2D eigenvalue weighted by Crippen LogP contribution is -2.25. The maximum absolute atomic E-state index is 10.4. The van der Waals surface area contributed by atoms with E-state index in [1.165, 1.54) is 0 Å². The van der Waals surface area contributed by atoms with Crippen LogP contribution in [0.5, 0.6) is 0 Å². The van der Waals surface area contributed by atoms with Crippen LogP contribution < -0.4 is 5.73 Å². The Morgan fingerprint density at radius 3 is 2.29 bits per heavy atom. The Morgan fingerprint density at radius 1 is 1.86 bits per heavy atom. The van der Waals surface area contributed by atoms with E-state index in [2.05, 4.69) is 0 Å². The Hall–Kier alpha value is -0.370. The van der Waals surface area contributed by atoms with E-state index in [-0.39, 0.29) is 11.8 Å². The normalized spacial score (nSPS) is 13.6. The highest BCUT2D eigenvalue weighted by molar-refractivity contribution is 5.82. The molecule has 0 aromatic rings. The molecule has 2 heteroatoms. The molecule has 0 radical (unpaired) electrons. The largest absolute Gasteiger partial charge is 0.322 e. The zero-order valence-corrected chi connectivity index (χ0v) is 4.77. The summed E-state index contributed by atoms with van der Waals surface area (Å²) in [6.07, 6.45) is 0.553. The fourth-order valence-electron chi connectivity index (χ4n) is 0.322. The summed E-state index contributed by atoms with van der Waals surface area (Å²) in [6, 6.07) is -0.273. The molecule has 42 valence electrons. The lowest BCUT2D eigenvalue weighted by atomic mass is 10.2. The van der Waals surface area contributed by atoms with Gasteiger partial charge in [0.05, 0.1) is 6.04 Å². The van der Waals surface area contributed by atoms with Crippen molar-refractivity contribution in [3.8, 4) is 0 Å². The van der Waals surface area contributed by atoms with Crippen molar-refractivity contribution in [1.29, 1.82) is 0 Å². The number of carbonyl (C=O) groups is 1. The van der Waals surface area contributed by atoms with Gasteiger partial charge in [0.25, 0.3) is 0 Å². The van der Waals surface area contributed by atoms with E-state index in [1.54, 1.807) is 6.92 Å². The van der Waals surface area contributed by atoms with Gasteiger partial charge in [-0.2, -0.15) is 0 Å². The first-order valence-corrected chi connectivity index (χ1v) is 2.46. The second-order valence-corrected chi connectivity index (χ2v) is 1.61. The maximum atomic E-state index is 10.4. The van der Waals surface area contributed by atoms with Gasteiger partial charge in [-0.25, -0.2) is 0 Å². The number of Topliss-reactive ketones (excluding diaryl/α,β-unsaturated/α-hetero) is 1. The van der Waals surface area contributed by atoms with Crippen molar-refractivity contribution >= 4 is 5.78 Å². The highest BCUT2D eigenvalue weighted by Crippen LogP contribution is 1.83. The van der Waals surface area contributed by atoms with E-state index in [4.69, 9.17) is 5.73 Å². The first-order valence-electron chi connectivity index (χ1n) is 2.46. The minimum atomic E-state index is -0.273. The van der Waals surface area contributed by atoms with Gasteiger partial charge in [-0.15, -0.1) is 0 Å². The third-order valence-electron chi connectivity index (χ3n) is 0.856. The molecule has 0 rings (SSSR count). The SMILES string of the molecule is CCC(=O)[C@@H](C)N. The average Bonchev–Trinajstić information content (AvgIpc) is 1.65. The van der Waals surface area contributed by atoms with Crippen LogP contribution in [0.15, 0.2) is 0 Å². The van der Waals surface area contributed by atoms with Crippen LogP contribution in [-0.2, 0) is 4.79 Å². The second-order valence-electron chi connectivity index (χ2n) is 1.61. The number of nitrogens with two attached hydrogens (primary N) is 1. The van der Waals surface area contributed by atoms with Gasteiger partial charge < -0.3 is 5.73 Å². The van der Waals surface area contributed by atoms with Crippen molar-refractivity contribution in [3.05, 3.63) is 0 Å². The molecule has 0 aromatic heterocycles. The molecule has 0 unspecified atom stereocenters. The number of hydrogen-bond acceptors (Lipinski definition) is 2. The van der Waals surface area contributed by atoms with Crippen LogP contribution >= 0.6 is 0 Å². The molecule has 0 heterocycles. The van der Waals surface area contributed by atoms with Gasteiger partial charge in [0.1, 0.15) is 5.78 Å². The quantitative estimate of drug-likeness (QED) is 0.544. The maximum Gasteiger partial charge on any atom is 0.148 e. The van der Waals surface area contributed by atoms with E-state index < -0.39 is 0 Å². The Balaban J connectivity index is 3.35. The Morgan fingerprint density at radius 2 is 2.29 bits per heavy atom. The number of carbonyl (C=O) groups excluding carboxylic acids is 1. The molecule has 2 N–H and O–H groups in total. The van der Waals surface area contributed by atoms with Crippen LogP contribution in [0.25, 0.3) is 0 Å². The minimum absolute atomic E-state index is 0.125. The molecule has 2 nitrogen and oxygen atoms in total. The Kier molecular flexibility index (Phi) is 2.60. The van der Waals surface area contributed by atoms with Crippen molar-refractivity contribution in [2.24, 2.45) is 5.73 Å². The standard InChI is InChI=1S/C5H11NO/c1-3-5(7)4(2)6/h4H,3,6H2,1-2H3/t4-/m1/s1.